The molecule has 0 saturated carbocycles. The summed E-state index contributed by atoms with van der Waals surface area (Å²) >= 11 is 1.55. The van der Waals surface area contributed by atoms with Gasteiger partial charge in [-0.15, -0.1) is 11.3 Å². The van der Waals surface area contributed by atoms with Crippen LogP contribution in [0, 0.1) is 0 Å². The van der Waals surface area contributed by atoms with Gasteiger partial charge < -0.3 is 10.1 Å². The molecule has 0 spiro atoms. The van der Waals surface area contributed by atoms with Crippen molar-refractivity contribution in [2.24, 2.45) is 10.1 Å². The number of ether oxygens (including phenoxy) is 1. The maximum Gasteiger partial charge on any atom is 0.262 e. The van der Waals surface area contributed by atoms with E-state index in [9.17, 15) is 4.79 Å². The van der Waals surface area contributed by atoms with Gasteiger partial charge >= 0.3 is 0 Å². The van der Waals surface area contributed by atoms with Crippen molar-refractivity contribution in [3.8, 4) is 17.0 Å². The van der Waals surface area contributed by atoms with Crippen LogP contribution >= 0.6 is 11.3 Å². The molecule has 3 aromatic rings. The van der Waals surface area contributed by atoms with Crippen LogP contribution in [-0.2, 0) is 11.2 Å². The van der Waals surface area contributed by atoms with Crippen LogP contribution in [0.25, 0.3) is 11.3 Å². The van der Waals surface area contributed by atoms with E-state index in [0.29, 0.717) is 18.0 Å². The van der Waals surface area contributed by atoms with Gasteiger partial charge in [0.2, 0.25) is 4.80 Å². The Kier molecular flexibility index (Phi) is 5.49. The van der Waals surface area contributed by atoms with Crippen molar-refractivity contribution >= 4 is 28.6 Å². The lowest BCUT2D eigenvalue weighted by Gasteiger charge is -2.19. The monoisotopic (exact) mass is 444 g/mol. The number of nitrogens with one attached hydrogen (secondary N) is 1. The molecule has 0 fully saturated rings. The molecule has 0 radical (unpaired) electrons. The van der Waals surface area contributed by atoms with Crippen LogP contribution in [0.4, 0.5) is 5.69 Å². The Morgan fingerprint density at radius 2 is 2.12 bits per heavy atom. The minimum atomic E-state index is -0.149. The summed E-state index contributed by atoms with van der Waals surface area (Å²) in [6.45, 7) is 6.54. The van der Waals surface area contributed by atoms with Gasteiger partial charge in [0, 0.05) is 16.5 Å². The molecule has 1 aromatic heterocycles. The van der Waals surface area contributed by atoms with Gasteiger partial charge in [-0.05, 0) is 49.9 Å². The molecule has 5 rings (SSSR count). The lowest BCUT2D eigenvalue weighted by atomic mass is 9.90. The molecular formula is C25H24N4O2S. The standard InChI is InChI=1S/C25H24N4O2S/c1-16(2)13-26-25-29(28-20-9-5-7-17-6-3-4-8-19(17)20)22(15-32-25)18-10-11-23-21(12-18)27-24(30)14-31-23/h3-4,6,8,10-12,15H,1,5,7,9,13-14H2,2H3,(H,27,30). The van der Waals surface area contributed by atoms with Crippen molar-refractivity contribution in [2.75, 3.05) is 18.5 Å². The van der Waals surface area contributed by atoms with Gasteiger partial charge in [0.15, 0.2) is 6.61 Å². The summed E-state index contributed by atoms with van der Waals surface area (Å²) in [4.78, 5) is 17.4. The highest BCUT2D eigenvalue weighted by atomic mass is 32.1. The van der Waals surface area contributed by atoms with Gasteiger partial charge in [-0.3, -0.25) is 9.79 Å². The molecule has 7 heteroatoms. The number of nitrogens with zero attached hydrogens (tertiary/aromatic N) is 3. The predicted molar refractivity (Wildman–Crippen MR) is 128 cm³/mol. The summed E-state index contributed by atoms with van der Waals surface area (Å²) in [6, 6.07) is 14.3. The molecule has 1 amide bonds. The van der Waals surface area contributed by atoms with Gasteiger partial charge in [-0.2, -0.15) is 5.10 Å². The van der Waals surface area contributed by atoms with Gasteiger partial charge in [0.05, 0.1) is 23.6 Å². The maximum absolute atomic E-state index is 11.8. The number of hydrogen-bond donors (Lipinski definition) is 1. The zero-order valence-electron chi connectivity index (χ0n) is 17.9. The van der Waals surface area contributed by atoms with E-state index >= 15 is 0 Å². The van der Waals surface area contributed by atoms with Crippen molar-refractivity contribution in [3.63, 3.8) is 0 Å². The number of amides is 1. The third-order valence-corrected chi connectivity index (χ3v) is 6.34. The van der Waals surface area contributed by atoms with Crippen molar-refractivity contribution < 1.29 is 9.53 Å². The van der Waals surface area contributed by atoms with Crippen LogP contribution in [0.3, 0.4) is 0 Å². The Bertz CT molecular complexity index is 1320. The molecule has 2 aliphatic rings. The zero-order valence-corrected chi connectivity index (χ0v) is 18.7. The lowest BCUT2D eigenvalue weighted by Crippen LogP contribution is -2.25. The van der Waals surface area contributed by atoms with Crippen LogP contribution in [0.5, 0.6) is 5.75 Å². The Labute approximate surface area is 190 Å². The highest BCUT2D eigenvalue weighted by Crippen LogP contribution is 2.33. The molecule has 2 heterocycles. The molecular weight excluding hydrogens is 420 g/mol. The number of rotatable bonds is 4. The third-order valence-electron chi connectivity index (χ3n) is 5.49. The zero-order chi connectivity index (χ0) is 22.1. The van der Waals surface area contributed by atoms with E-state index in [2.05, 4.69) is 41.5 Å². The number of hydrogen-bond acceptors (Lipinski definition) is 5. The fourth-order valence-electron chi connectivity index (χ4n) is 3.97. The van der Waals surface area contributed by atoms with Crippen LogP contribution < -0.4 is 14.9 Å². The average Bonchev–Trinajstić information content (AvgIpc) is 3.20. The second kappa shape index (κ2) is 8.59. The van der Waals surface area contributed by atoms with Crippen LogP contribution in [0.15, 0.2) is 70.1 Å². The molecule has 0 saturated heterocycles. The molecule has 162 valence electrons. The van der Waals surface area contributed by atoms with E-state index < -0.39 is 0 Å². The molecule has 0 atom stereocenters. The average molecular weight is 445 g/mol. The topological polar surface area (TPSA) is 68.0 Å². The normalized spacial score (nSPS) is 16.8. The number of aromatic nitrogens is 1. The maximum atomic E-state index is 11.8. The highest BCUT2D eigenvalue weighted by molar-refractivity contribution is 7.07. The fraction of sp³-hybridized carbons (Fsp3) is 0.240. The van der Waals surface area contributed by atoms with Crippen molar-refractivity contribution in [1.82, 2.24) is 4.68 Å². The van der Waals surface area contributed by atoms with Gasteiger partial charge in [0.1, 0.15) is 5.75 Å². The Balaban J connectivity index is 1.65. The van der Waals surface area contributed by atoms with E-state index in [1.807, 2.05) is 29.8 Å². The van der Waals surface area contributed by atoms with Crippen molar-refractivity contribution in [3.05, 3.63) is 75.9 Å². The van der Waals surface area contributed by atoms with Crippen molar-refractivity contribution in [2.45, 2.75) is 26.2 Å². The molecule has 1 aliphatic carbocycles. The third kappa shape index (κ3) is 4.03. The number of benzene rings is 2. The van der Waals surface area contributed by atoms with E-state index in [4.69, 9.17) is 14.8 Å². The first kappa shape index (κ1) is 20.5. The molecule has 0 bridgehead atoms. The first-order valence-electron chi connectivity index (χ1n) is 10.7. The number of carbonyl (C=O) groups is 1. The molecule has 1 N–H and O–H groups in total. The minimum absolute atomic E-state index is 0.0434. The van der Waals surface area contributed by atoms with E-state index in [-0.39, 0.29) is 12.5 Å². The highest BCUT2D eigenvalue weighted by Gasteiger charge is 2.19. The second-order valence-electron chi connectivity index (χ2n) is 8.09. The van der Waals surface area contributed by atoms with Crippen LogP contribution in [0.2, 0.25) is 0 Å². The molecule has 32 heavy (non-hydrogen) atoms. The SMILES string of the molecule is C=C(C)CN=c1scc(-c2ccc3c(c2)NC(=O)CO3)n1N=C1CCCc2ccccc21. The smallest absolute Gasteiger partial charge is 0.262 e. The summed E-state index contributed by atoms with van der Waals surface area (Å²) in [5.74, 6) is 0.527. The predicted octanol–water partition coefficient (Wildman–Crippen LogP) is 4.61. The number of aryl methyl sites for hydroxylation is 1. The van der Waals surface area contributed by atoms with Gasteiger partial charge in [-0.1, -0.05) is 36.4 Å². The van der Waals surface area contributed by atoms with Gasteiger partial charge in [-0.25, -0.2) is 4.68 Å². The van der Waals surface area contributed by atoms with E-state index in [0.717, 1.165) is 46.6 Å². The number of carbonyl (C=O) groups excluding carboxylic acids is 1. The summed E-state index contributed by atoms with van der Waals surface area (Å²) in [7, 11) is 0. The summed E-state index contributed by atoms with van der Waals surface area (Å²) in [5, 5.41) is 10.1. The first-order valence-corrected chi connectivity index (χ1v) is 11.5. The van der Waals surface area contributed by atoms with Crippen LogP contribution in [-0.4, -0.2) is 29.4 Å². The second-order valence-corrected chi connectivity index (χ2v) is 8.93. The van der Waals surface area contributed by atoms with Gasteiger partial charge in [0.25, 0.3) is 5.91 Å². The van der Waals surface area contributed by atoms with Crippen molar-refractivity contribution in [1.29, 1.82) is 0 Å². The molecule has 2 aromatic carbocycles. The minimum Gasteiger partial charge on any atom is -0.482 e. The van der Waals surface area contributed by atoms with E-state index in [1.54, 1.807) is 11.3 Å². The van der Waals surface area contributed by atoms with E-state index in [1.165, 1.54) is 11.1 Å². The quantitative estimate of drug-likeness (QED) is 0.597. The fourth-order valence-corrected chi connectivity index (χ4v) is 4.80. The summed E-state index contributed by atoms with van der Waals surface area (Å²) < 4.78 is 7.44. The Hall–Kier alpha value is -3.45. The number of anilines is 1. The number of fused-ring (bicyclic) bond motifs is 2. The first-order chi connectivity index (χ1) is 15.6. The van der Waals surface area contributed by atoms with Crippen LogP contribution in [0.1, 0.15) is 30.9 Å². The Morgan fingerprint density at radius 3 is 3.00 bits per heavy atom. The Morgan fingerprint density at radius 1 is 1.25 bits per heavy atom. The lowest BCUT2D eigenvalue weighted by molar-refractivity contribution is -0.118. The number of thiazole rings is 1. The largest absolute Gasteiger partial charge is 0.482 e. The summed E-state index contributed by atoms with van der Waals surface area (Å²) in [6.07, 6.45) is 3.08. The molecule has 1 aliphatic heterocycles. The molecule has 6 nitrogen and oxygen atoms in total. The molecule has 0 unspecified atom stereocenters. The summed E-state index contributed by atoms with van der Waals surface area (Å²) in [5.41, 5.74) is 7.15.